The first-order valence-corrected chi connectivity index (χ1v) is 10.2. The highest BCUT2D eigenvalue weighted by Crippen LogP contribution is 2.18. The molecular weight excluding hydrogens is 368 g/mol. The molecule has 2 rings (SSSR count). The van der Waals surface area contributed by atoms with Crippen LogP contribution in [-0.2, 0) is 27.9 Å². The number of hydrogen-bond acceptors (Lipinski definition) is 5. The Hall–Kier alpha value is -2.23. The number of aryl methyl sites for hydroxylation is 2. The third-order valence-electron chi connectivity index (χ3n) is 4.08. The molecule has 1 aromatic heterocycles. The second kappa shape index (κ2) is 8.64. The summed E-state index contributed by atoms with van der Waals surface area (Å²) < 4.78 is 32.3. The number of carbonyl (C=O) groups is 1. The number of sulfonamides is 1. The summed E-state index contributed by atoms with van der Waals surface area (Å²) in [7, 11) is 0.213. The van der Waals surface area contributed by atoms with E-state index in [1.807, 2.05) is 24.3 Å². The minimum Gasteiger partial charge on any atom is -0.360 e. The minimum atomic E-state index is -3.90. The number of nitrogens with zero attached hydrogens (tertiary/aromatic N) is 1. The van der Waals surface area contributed by atoms with E-state index in [4.69, 9.17) is 4.52 Å². The van der Waals surface area contributed by atoms with E-state index in [2.05, 4.69) is 29.3 Å². The maximum atomic E-state index is 12.5. The van der Waals surface area contributed by atoms with Gasteiger partial charge >= 0.3 is 0 Å². The first-order valence-electron chi connectivity index (χ1n) is 8.70. The molecule has 9 heteroatoms. The number of rotatable bonds is 8. The molecule has 148 valence electrons. The van der Waals surface area contributed by atoms with Crippen molar-refractivity contribution in [2.24, 2.45) is 0 Å². The van der Waals surface area contributed by atoms with E-state index in [0.29, 0.717) is 6.54 Å². The zero-order valence-corrected chi connectivity index (χ0v) is 17.1. The van der Waals surface area contributed by atoms with Crippen molar-refractivity contribution in [3.8, 4) is 0 Å². The molecule has 27 heavy (non-hydrogen) atoms. The van der Waals surface area contributed by atoms with Crippen molar-refractivity contribution in [3.05, 3.63) is 46.8 Å². The van der Waals surface area contributed by atoms with Gasteiger partial charge in [-0.1, -0.05) is 29.4 Å². The summed E-state index contributed by atoms with van der Waals surface area (Å²) in [5.41, 5.74) is 2.40. The summed E-state index contributed by atoms with van der Waals surface area (Å²) in [6, 6.07) is 6.93. The van der Waals surface area contributed by atoms with Gasteiger partial charge in [0.25, 0.3) is 0 Å². The molecule has 1 heterocycles. The number of nitrogens with one attached hydrogen (secondary N) is 3. The van der Waals surface area contributed by atoms with Crippen LogP contribution in [0.5, 0.6) is 0 Å². The molecule has 0 fully saturated rings. The van der Waals surface area contributed by atoms with Crippen molar-refractivity contribution >= 4 is 15.9 Å². The molecule has 1 aromatic carbocycles. The van der Waals surface area contributed by atoms with Crippen molar-refractivity contribution < 1.29 is 22.6 Å². The number of hydrogen-bond donors (Lipinski definition) is 3. The Bertz CT molecular complexity index is 886. The third-order valence-corrected chi connectivity index (χ3v) is 5.86. The van der Waals surface area contributed by atoms with Crippen molar-refractivity contribution in [2.45, 2.75) is 44.8 Å². The first kappa shape index (κ1) is 21.1. The van der Waals surface area contributed by atoms with Crippen LogP contribution in [-0.4, -0.2) is 39.6 Å². The topological polar surface area (TPSA) is 106 Å². The summed E-state index contributed by atoms with van der Waals surface area (Å²) in [6.07, 6.45) is 0. The highest BCUT2D eigenvalue weighted by Gasteiger charge is 2.28. The van der Waals surface area contributed by atoms with Gasteiger partial charge in [0.2, 0.25) is 15.9 Å². The van der Waals surface area contributed by atoms with E-state index in [0.717, 1.165) is 17.7 Å². The average Bonchev–Trinajstić information content (AvgIpc) is 2.92. The Kier molecular flexibility index (Phi) is 6.74. The number of quaternary nitrogens is 1. The van der Waals surface area contributed by atoms with Crippen LogP contribution in [0.1, 0.15) is 29.5 Å². The fraction of sp³-hybridized carbons (Fsp3) is 0.444. The van der Waals surface area contributed by atoms with Gasteiger partial charge in [-0.05, 0) is 26.3 Å². The van der Waals surface area contributed by atoms with Crippen LogP contribution in [0.2, 0.25) is 0 Å². The first-order chi connectivity index (χ1) is 12.6. The fourth-order valence-corrected chi connectivity index (χ4v) is 4.35. The highest BCUT2D eigenvalue weighted by atomic mass is 32.2. The highest BCUT2D eigenvalue weighted by molar-refractivity contribution is 7.89. The smallest absolute Gasteiger partial charge is 0.246 e. The van der Waals surface area contributed by atoms with Crippen LogP contribution < -0.4 is 14.9 Å². The van der Waals surface area contributed by atoms with Crippen molar-refractivity contribution in [3.63, 3.8) is 0 Å². The van der Waals surface area contributed by atoms with Crippen LogP contribution in [0.25, 0.3) is 0 Å². The van der Waals surface area contributed by atoms with Gasteiger partial charge in [-0.15, -0.1) is 0 Å². The summed E-state index contributed by atoms with van der Waals surface area (Å²) in [6.45, 7) is 5.73. The van der Waals surface area contributed by atoms with E-state index >= 15 is 0 Å². The lowest BCUT2D eigenvalue weighted by molar-refractivity contribution is -0.872. The van der Waals surface area contributed by atoms with E-state index in [1.54, 1.807) is 6.92 Å². The summed E-state index contributed by atoms with van der Waals surface area (Å²) in [4.78, 5) is 13.6. The number of aromatic nitrogens is 1. The molecule has 0 saturated heterocycles. The molecule has 1 amide bonds. The molecule has 0 aliphatic heterocycles. The Morgan fingerprint density at radius 1 is 1.22 bits per heavy atom. The number of carbonyl (C=O) groups excluding carboxylic acids is 1. The Balaban J connectivity index is 2.03. The van der Waals surface area contributed by atoms with Gasteiger partial charge < -0.3 is 14.7 Å². The molecule has 1 atom stereocenters. The summed E-state index contributed by atoms with van der Waals surface area (Å²) >= 11 is 0. The standard InChI is InChI=1S/C18H26N4O4S/c1-12-17(14(3)26-20-12)27(24,25)21-13(2)18(23)19-10-15-8-6-7-9-16(15)11-22(4)5/h6-9,13,21H,10-11H2,1-5H3,(H,19,23)/p+1/t13-/m0/s1. The number of benzene rings is 1. The molecule has 2 aromatic rings. The summed E-state index contributed by atoms with van der Waals surface area (Å²) in [5.74, 6) is -0.218. The minimum absolute atomic E-state index is 0.0264. The van der Waals surface area contributed by atoms with Gasteiger partial charge in [0.05, 0.1) is 20.1 Å². The average molecular weight is 396 g/mol. The van der Waals surface area contributed by atoms with Crippen LogP contribution in [0.3, 0.4) is 0 Å². The van der Waals surface area contributed by atoms with Crippen LogP contribution >= 0.6 is 0 Å². The molecule has 3 N–H and O–H groups in total. The van der Waals surface area contributed by atoms with Gasteiger partial charge in [-0.3, -0.25) is 4.79 Å². The Morgan fingerprint density at radius 2 is 1.85 bits per heavy atom. The zero-order valence-electron chi connectivity index (χ0n) is 16.3. The van der Waals surface area contributed by atoms with E-state index in [9.17, 15) is 13.2 Å². The van der Waals surface area contributed by atoms with Gasteiger partial charge in [0, 0.05) is 12.1 Å². The lowest BCUT2D eigenvalue weighted by atomic mass is 10.1. The molecule has 0 unspecified atom stereocenters. The quantitative estimate of drug-likeness (QED) is 0.580. The number of amides is 1. The molecule has 0 radical (unpaired) electrons. The van der Waals surface area contributed by atoms with Crippen LogP contribution in [0.4, 0.5) is 0 Å². The predicted molar refractivity (Wildman–Crippen MR) is 101 cm³/mol. The van der Waals surface area contributed by atoms with Gasteiger partial charge in [0.15, 0.2) is 5.76 Å². The van der Waals surface area contributed by atoms with Crippen molar-refractivity contribution in [1.82, 2.24) is 15.2 Å². The maximum Gasteiger partial charge on any atom is 0.246 e. The Labute approximate surface area is 160 Å². The van der Waals surface area contributed by atoms with Gasteiger partial charge in [-0.2, -0.15) is 4.72 Å². The second-order valence-electron chi connectivity index (χ2n) is 6.87. The third kappa shape index (κ3) is 5.38. The molecule has 0 bridgehead atoms. The van der Waals surface area contributed by atoms with Crippen LogP contribution in [0.15, 0.2) is 33.7 Å². The molecule has 0 spiro atoms. The molecule has 0 aliphatic carbocycles. The Morgan fingerprint density at radius 3 is 2.41 bits per heavy atom. The monoisotopic (exact) mass is 395 g/mol. The largest absolute Gasteiger partial charge is 0.360 e. The summed E-state index contributed by atoms with van der Waals surface area (Å²) in [5, 5.41) is 6.44. The van der Waals surface area contributed by atoms with Crippen molar-refractivity contribution in [1.29, 1.82) is 0 Å². The maximum absolute atomic E-state index is 12.5. The van der Waals surface area contributed by atoms with Gasteiger partial charge in [0.1, 0.15) is 17.1 Å². The van der Waals surface area contributed by atoms with Gasteiger partial charge in [-0.25, -0.2) is 8.42 Å². The lowest BCUT2D eigenvalue weighted by Crippen LogP contribution is -3.04. The van der Waals surface area contributed by atoms with E-state index < -0.39 is 22.0 Å². The fourth-order valence-electron chi connectivity index (χ4n) is 2.82. The SMILES string of the molecule is Cc1noc(C)c1S(=O)(=O)N[C@@H](C)C(=O)NCc1ccccc1C[NH+](C)C. The van der Waals surface area contributed by atoms with Crippen LogP contribution in [0, 0.1) is 13.8 Å². The lowest BCUT2D eigenvalue weighted by Gasteiger charge is -2.16. The predicted octanol–water partition coefficient (Wildman–Crippen LogP) is -0.0809. The van der Waals surface area contributed by atoms with E-state index in [1.165, 1.54) is 18.7 Å². The molecule has 8 nitrogen and oxygen atoms in total. The molecule has 0 saturated carbocycles. The normalized spacial score (nSPS) is 13.0. The van der Waals surface area contributed by atoms with Crippen molar-refractivity contribution in [2.75, 3.05) is 14.1 Å². The second-order valence-corrected chi connectivity index (χ2v) is 8.52. The molecular formula is C18H27N4O4S+. The molecule has 0 aliphatic rings. The van der Waals surface area contributed by atoms with E-state index in [-0.39, 0.29) is 16.3 Å². The zero-order chi connectivity index (χ0) is 20.2.